The molecular formula is C30H24N6. The van der Waals surface area contributed by atoms with Gasteiger partial charge in [0, 0.05) is 40.6 Å². The molecule has 0 aliphatic heterocycles. The molecule has 36 heavy (non-hydrogen) atoms. The van der Waals surface area contributed by atoms with Crippen LogP contribution < -0.4 is 5.73 Å². The largest absolute Gasteiger partial charge is 0.398 e. The Hall–Kier alpha value is -4.58. The van der Waals surface area contributed by atoms with E-state index in [1.807, 2.05) is 48.5 Å². The van der Waals surface area contributed by atoms with E-state index >= 15 is 0 Å². The van der Waals surface area contributed by atoms with Crippen molar-refractivity contribution in [2.45, 2.75) is 25.3 Å². The molecule has 1 aliphatic rings. The van der Waals surface area contributed by atoms with Crippen LogP contribution in [0.1, 0.15) is 25.3 Å². The van der Waals surface area contributed by atoms with Gasteiger partial charge in [-0.05, 0) is 55.2 Å². The molecule has 6 heteroatoms. The summed E-state index contributed by atoms with van der Waals surface area (Å²) in [6.07, 6.45) is 9.29. The van der Waals surface area contributed by atoms with E-state index in [2.05, 4.69) is 40.0 Å². The monoisotopic (exact) mass is 468 g/mol. The van der Waals surface area contributed by atoms with Crippen molar-refractivity contribution in [2.24, 2.45) is 0 Å². The molecule has 4 heterocycles. The van der Waals surface area contributed by atoms with Crippen LogP contribution in [0.4, 0.5) is 5.69 Å². The van der Waals surface area contributed by atoms with Gasteiger partial charge in [-0.1, -0.05) is 42.5 Å². The smallest absolute Gasteiger partial charge is 0.144 e. The van der Waals surface area contributed by atoms with Crippen LogP contribution in [0.2, 0.25) is 0 Å². The first-order valence-electron chi connectivity index (χ1n) is 12.3. The molecule has 7 rings (SSSR count). The molecule has 1 saturated carbocycles. The summed E-state index contributed by atoms with van der Waals surface area (Å²) in [7, 11) is 0. The minimum atomic E-state index is 0.464. The Morgan fingerprint density at radius 1 is 0.806 bits per heavy atom. The zero-order chi connectivity index (χ0) is 24.1. The molecule has 174 valence electrons. The predicted molar refractivity (Wildman–Crippen MR) is 144 cm³/mol. The molecular weight excluding hydrogens is 444 g/mol. The van der Waals surface area contributed by atoms with Gasteiger partial charge >= 0.3 is 0 Å². The molecule has 0 amide bonds. The van der Waals surface area contributed by atoms with Gasteiger partial charge in [-0.25, -0.2) is 15.0 Å². The van der Waals surface area contributed by atoms with Crippen molar-refractivity contribution in [3.63, 3.8) is 0 Å². The van der Waals surface area contributed by atoms with Gasteiger partial charge in [-0.2, -0.15) is 0 Å². The number of anilines is 1. The highest BCUT2D eigenvalue weighted by atomic mass is 15.1. The van der Waals surface area contributed by atoms with Crippen molar-refractivity contribution in [1.29, 1.82) is 0 Å². The highest BCUT2D eigenvalue weighted by Gasteiger charge is 2.25. The fourth-order valence-corrected chi connectivity index (χ4v) is 5.11. The first kappa shape index (κ1) is 20.8. The summed E-state index contributed by atoms with van der Waals surface area (Å²) in [6, 6.07) is 24.8. The maximum absolute atomic E-state index is 6.40. The molecule has 4 aromatic heterocycles. The quantitative estimate of drug-likeness (QED) is 0.292. The van der Waals surface area contributed by atoms with Crippen molar-refractivity contribution in [1.82, 2.24) is 24.5 Å². The fraction of sp³-hybridized carbons (Fsp3) is 0.133. The van der Waals surface area contributed by atoms with E-state index in [1.165, 1.54) is 19.3 Å². The van der Waals surface area contributed by atoms with Crippen LogP contribution in [0.5, 0.6) is 0 Å². The van der Waals surface area contributed by atoms with Gasteiger partial charge in [0.1, 0.15) is 12.0 Å². The van der Waals surface area contributed by atoms with Crippen LogP contribution in [-0.2, 0) is 0 Å². The third kappa shape index (κ3) is 3.33. The van der Waals surface area contributed by atoms with Gasteiger partial charge in [0.25, 0.3) is 0 Å². The molecule has 2 N–H and O–H groups in total. The molecule has 1 aliphatic carbocycles. The number of benzene rings is 2. The number of hydrogen-bond donors (Lipinski definition) is 1. The van der Waals surface area contributed by atoms with Crippen LogP contribution in [0.25, 0.3) is 55.7 Å². The minimum Gasteiger partial charge on any atom is -0.398 e. The van der Waals surface area contributed by atoms with Gasteiger partial charge in [-0.3, -0.25) is 4.98 Å². The van der Waals surface area contributed by atoms with E-state index in [0.717, 1.165) is 55.7 Å². The zero-order valence-electron chi connectivity index (χ0n) is 19.7. The maximum atomic E-state index is 6.40. The third-order valence-corrected chi connectivity index (χ3v) is 7.22. The normalized spacial score (nSPS) is 13.8. The summed E-state index contributed by atoms with van der Waals surface area (Å²) in [4.78, 5) is 18.9. The van der Waals surface area contributed by atoms with Crippen molar-refractivity contribution < 1.29 is 0 Å². The van der Waals surface area contributed by atoms with E-state index in [4.69, 9.17) is 20.7 Å². The number of pyridine rings is 2. The number of hydrogen-bond acceptors (Lipinski definition) is 5. The molecule has 2 aromatic carbocycles. The van der Waals surface area contributed by atoms with E-state index in [-0.39, 0.29) is 0 Å². The molecule has 6 aromatic rings. The Bertz CT molecular complexity index is 1730. The summed E-state index contributed by atoms with van der Waals surface area (Å²) in [5.41, 5.74) is 14.7. The van der Waals surface area contributed by atoms with Crippen LogP contribution in [0, 0.1) is 0 Å². The number of nitrogens with zero attached hydrogens (tertiary/aromatic N) is 5. The van der Waals surface area contributed by atoms with Gasteiger partial charge in [-0.15, -0.1) is 0 Å². The van der Waals surface area contributed by atoms with E-state index in [0.29, 0.717) is 11.7 Å². The molecule has 0 spiro atoms. The average Bonchev–Trinajstić information content (AvgIpc) is 3.27. The second-order valence-electron chi connectivity index (χ2n) is 9.36. The summed E-state index contributed by atoms with van der Waals surface area (Å²) >= 11 is 0. The number of para-hydroxylation sites is 1. The number of fused-ring (bicyclic) bond motifs is 2. The molecule has 0 bridgehead atoms. The van der Waals surface area contributed by atoms with Crippen LogP contribution >= 0.6 is 0 Å². The minimum absolute atomic E-state index is 0.464. The van der Waals surface area contributed by atoms with E-state index < -0.39 is 0 Å². The van der Waals surface area contributed by atoms with E-state index in [9.17, 15) is 0 Å². The van der Waals surface area contributed by atoms with Gasteiger partial charge < -0.3 is 10.3 Å². The van der Waals surface area contributed by atoms with E-state index in [1.54, 1.807) is 12.5 Å². The Morgan fingerprint density at radius 3 is 2.47 bits per heavy atom. The predicted octanol–water partition coefficient (Wildman–Crippen LogP) is 6.68. The first-order valence-corrected chi connectivity index (χ1v) is 12.3. The summed E-state index contributed by atoms with van der Waals surface area (Å²) < 4.78 is 2.33. The molecule has 6 nitrogen and oxygen atoms in total. The Labute approximate surface area is 208 Å². The summed E-state index contributed by atoms with van der Waals surface area (Å²) in [6.45, 7) is 0. The van der Waals surface area contributed by atoms with Crippen LogP contribution in [0.15, 0.2) is 91.5 Å². The highest BCUT2D eigenvalue weighted by Crippen LogP contribution is 2.42. The molecule has 0 saturated heterocycles. The summed E-state index contributed by atoms with van der Waals surface area (Å²) in [5, 5.41) is 2.12. The van der Waals surface area contributed by atoms with Crippen molar-refractivity contribution in [2.75, 3.05) is 5.73 Å². The lowest BCUT2D eigenvalue weighted by Crippen LogP contribution is -2.16. The lowest BCUT2D eigenvalue weighted by Gasteiger charge is -2.27. The lowest BCUT2D eigenvalue weighted by atomic mass is 9.93. The Morgan fingerprint density at radius 2 is 1.67 bits per heavy atom. The number of nitrogen functional groups attached to an aromatic ring is 1. The molecule has 0 unspecified atom stereocenters. The van der Waals surface area contributed by atoms with Gasteiger partial charge in [0.2, 0.25) is 0 Å². The maximum Gasteiger partial charge on any atom is 0.144 e. The average molecular weight is 469 g/mol. The Kier molecular flexibility index (Phi) is 4.77. The SMILES string of the molecule is Nc1ccccc1-c1ncnc2c1c(-c1ccc3ccc(-c4ccccn4)nc3c1)cn2C1CCC1. The molecule has 1 fully saturated rings. The number of aromatic nitrogens is 5. The number of rotatable bonds is 4. The number of nitrogens with two attached hydrogens (primary N) is 1. The molecule has 0 radical (unpaired) electrons. The lowest BCUT2D eigenvalue weighted by molar-refractivity contribution is 0.320. The van der Waals surface area contributed by atoms with Gasteiger partial charge in [0.15, 0.2) is 0 Å². The summed E-state index contributed by atoms with van der Waals surface area (Å²) in [5.74, 6) is 0. The van der Waals surface area contributed by atoms with Crippen LogP contribution in [-0.4, -0.2) is 24.5 Å². The third-order valence-electron chi connectivity index (χ3n) is 7.22. The topological polar surface area (TPSA) is 82.5 Å². The van der Waals surface area contributed by atoms with Crippen LogP contribution in [0.3, 0.4) is 0 Å². The fourth-order valence-electron chi connectivity index (χ4n) is 5.11. The first-order chi connectivity index (χ1) is 17.8. The van der Waals surface area contributed by atoms with Crippen molar-refractivity contribution >= 4 is 27.6 Å². The van der Waals surface area contributed by atoms with Crippen molar-refractivity contribution in [3.05, 3.63) is 91.5 Å². The van der Waals surface area contributed by atoms with Crippen molar-refractivity contribution in [3.8, 4) is 33.8 Å². The second kappa shape index (κ2) is 8.27. The zero-order valence-corrected chi connectivity index (χ0v) is 19.7. The second-order valence-corrected chi connectivity index (χ2v) is 9.36. The highest BCUT2D eigenvalue weighted by molar-refractivity contribution is 6.05. The molecule has 0 atom stereocenters. The standard InChI is InChI=1S/C30H24N6/c31-24-9-2-1-8-22(24)29-28-23(17-36(21-6-5-7-21)30(28)34-18-33-29)20-12-11-19-13-14-26(35-27(19)16-20)25-10-3-4-15-32-25/h1-4,8-18,21H,5-7,31H2. The Balaban J connectivity index is 1.46. The van der Waals surface area contributed by atoms with Gasteiger partial charge in [0.05, 0.1) is 28.0 Å².